The zero-order valence-corrected chi connectivity index (χ0v) is 18.2. The van der Waals surface area contributed by atoms with Crippen molar-refractivity contribution in [3.63, 3.8) is 0 Å². The van der Waals surface area contributed by atoms with E-state index in [0.717, 1.165) is 17.1 Å². The lowest BCUT2D eigenvalue weighted by Crippen LogP contribution is -2.47. The number of halogens is 3. The van der Waals surface area contributed by atoms with Crippen molar-refractivity contribution in [2.24, 2.45) is 0 Å². The Balaban J connectivity index is 0.000000481. The number of hydrogen-bond donors (Lipinski definition) is 3. The average molecular weight is 480 g/mol. The van der Waals surface area contributed by atoms with Gasteiger partial charge in [0.05, 0.1) is 16.7 Å². The van der Waals surface area contributed by atoms with E-state index in [-0.39, 0.29) is 16.9 Å². The van der Waals surface area contributed by atoms with Gasteiger partial charge in [-0.3, -0.25) is 9.47 Å². The molecule has 0 amide bonds. The van der Waals surface area contributed by atoms with Crippen molar-refractivity contribution in [1.82, 2.24) is 14.5 Å². The van der Waals surface area contributed by atoms with Crippen LogP contribution in [0.1, 0.15) is 5.56 Å². The Kier molecular flexibility index (Phi) is 7.61. The van der Waals surface area contributed by atoms with Gasteiger partial charge in [-0.1, -0.05) is 12.1 Å². The Bertz CT molecular complexity index is 1250. The number of imidazole rings is 1. The van der Waals surface area contributed by atoms with Gasteiger partial charge in [0, 0.05) is 50.9 Å². The van der Waals surface area contributed by atoms with E-state index in [4.69, 9.17) is 19.8 Å². The standard InChI is InChI=1S/C20H21F3N4O.C2H2O4/c1-13-18(22)14(21)12-17(19(13)23)26-9-6-25(7-10-26)8-11-27-16-5-3-2-4-15(16)24-20(27)28;3-1(4)2(5)6/h2-5,12H,6-11H2,1H3,(H,24,28);(H,3,4)(H,5,6). The first-order valence-electron chi connectivity index (χ1n) is 10.3. The zero-order chi connectivity index (χ0) is 25.0. The highest BCUT2D eigenvalue weighted by atomic mass is 19.2. The normalized spacial score (nSPS) is 14.1. The van der Waals surface area contributed by atoms with Gasteiger partial charge >= 0.3 is 17.6 Å². The maximum absolute atomic E-state index is 14.3. The molecule has 0 saturated carbocycles. The maximum atomic E-state index is 14.3. The van der Waals surface area contributed by atoms with E-state index in [1.807, 2.05) is 24.3 Å². The van der Waals surface area contributed by atoms with E-state index in [9.17, 15) is 18.0 Å². The van der Waals surface area contributed by atoms with Gasteiger partial charge in [-0.2, -0.15) is 0 Å². The van der Waals surface area contributed by atoms with Crippen LogP contribution in [0.2, 0.25) is 0 Å². The summed E-state index contributed by atoms with van der Waals surface area (Å²) in [5.74, 6) is -6.53. The van der Waals surface area contributed by atoms with Crippen LogP contribution in [0.3, 0.4) is 0 Å². The zero-order valence-electron chi connectivity index (χ0n) is 18.2. The number of para-hydroxylation sites is 2. The summed E-state index contributed by atoms with van der Waals surface area (Å²) in [5.41, 5.74) is 1.34. The molecule has 1 aliphatic rings. The molecular formula is C22H23F3N4O5. The second-order valence-electron chi connectivity index (χ2n) is 7.67. The van der Waals surface area contributed by atoms with Crippen molar-refractivity contribution >= 4 is 28.7 Å². The summed E-state index contributed by atoms with van der Waals surface area (Å²) in [6, 6.07) is 8.47. The number of aromatic nitrogens is 2. The number of nitrogens with zero attached hydrogens (tertiary/aromatic N) is 3. The summed E-state index contributed by atoms with van der Waals surface area (Å²) < 4.78 is 43.2. The Morgan fingerprint density at radius 2 is 1.59 bits per heavy atom. The smallest absolute Gasteiger partial charge is 0.414 e. The van der Waals surface area contributed by atoms with E-state index in [2.05, 4.69) is 9.88 Å². The molecule has 2 heterocycles. The summed E-state index contributed by atoms with van der Waals surface area (Å²) >= 11 is 0. The number of piperazine rings is 1. The fraction of sp³-hybridized carbons (Fsp3) is 0.318. The van der Waals surface area contributed by atoms with Crippen LogP contribution in [-0.2, 0) is 16.1 Å². The molecule has 0 bridgehead atoms. The van der Waals surface area contributed by atoms with Crippen molar-refractivity contribution in [2.45, 2.75) is 13.5 Å². The highest BCUT2D eigenvalue weighted by molar-refractivity contribution is 6.27. The molecule has 0 radical (unpaired) electrons. The second kappa shape index (κ2) is 10.4. The Morgan fingerprint density at radius 1 is 0.971 bits per heavy atom. The molecule has 1 aromatic heterocycles. The van der Waals surface area contributed by atoms with Crippen LogP contribution >= 0.6 is 0 Å². The minimum Gasteiger partial charge on any atom is -0.473 e. The van der Waals surface area contributed by atoms with Crippen molar-refractivity contribution in [3.05, 3.63) is 63.8 Å². The number of carbonyl (C=O) groups is 2. The lowest BCUT2D eigenvalue weighted by Gasteiger charge is -2.36. The third kappa shape index (κ3) is 5.39. The number of anilines is 1. The third-order valence-electron chi connectivity index (χ3n) is 5.57. The number of benzene rings is 2. The third-order valence-corrected chi connectivity index (χ3v) is 5.57. The second-order valence-corrected chi connectivity index (χ2v) is 7.67. The molecule has 3 aromatic rings. The number of aromatic amines is 1. The van der Waals surface area contributed by atoms with Gasteiger partial charge in [0.2, 0.25) is 0 Å². The van der Waals surface area contributed by atoms with E-state index in [1.165, 1.54) is 6.92 Å². The maximum Gasteiger partial charge on any atom is 0.414 e. The average Bonchev–Trinajstić information content (AvgIpc) is 3.14. The van der Waals surface area contributed by atoms with Crippen LogP contribution < -0.4 is 10.6 Å². The number of hydrogen-bond acceptors (Lipinski definition) is 5. The molecule has 1 saturated heterocycles. The number of H-pyrrole nitrogens is 1. The van der Waals surface area contributed by atoms with Crippen LogP contribution in [0.5, 0.6) is 0 Å². The Morgan fingerprint density at radius 3 is 2.21 bits per heavy atom. The van der Waals surface area contributed by atoms with Crippen LogP contribution in [0.25, 0.3) is 11.0 Å². The first-order valence-corrected chi connectivity index (χ1v) is 10.3. The summed E-state index contributed by atoms with van der Waals surface area (Å²) in [7, 11) is 0. The predicted molar refractivity (Wildman–Crippen MR) is 118 cm³/mol. The summed E-state index contributed by atoms with van der Waals surface area (Å²) in [6.07, 6.45) is 0. The van der Waals surface area contributed by atoms with Crippen LogP contribution in [0.15, 0.2) is 35.1 Å². The Hall–Kier alpha value is -3.80. The summed E-state index contributed by atoms with van der Waals surface area (Å²) in [5, 5.41) is 14.8. The summed E-state index contributed by atoms with van der Waals surface area (Å²) in [6.45, 7) is 4.76. The van der Waals surface area contributed by atoms with Gasteiger partial charge in [-0.15, -0.1) is 0 Å². The molecule has 1 aliphatic heterocycles. The first kappa shape index (κ1) is 24.8. The van der Waals surface area contributed by atoms with Crippen molar-refractivity contribution in [1.29, 1.82) is 0 Å². The van der Waals surface area contributed by atoms with Crippen LogP contribution in [0, 0.1) is 24.4 Å². The largest absolute Gasteiger partial charge is 0.473 e. The number of rotatable bonds is 4. The van der Waals surface area contributed by atoms with E-state index < -0.39 is 29.4 Å². The minimum absolute atomic E-state index is 0.101. The molecule has 182 valence electrons. The van der Waals surface area contributed by atoms with E-state index in [0.29, 0.717) is 39.3 Å². The molecule has 0 atom stereocenters. The number of nitrogens with one attached hydrogen (secondary N) is 1. The summed E-state index contributed by atoms with van der Waals surface area (Å²) in [4.78, 5) is 37.1. The highest BCUT2D eigenvalue weighted by Crippen LogP contribution is 2.27. The SMILES string of the molecule is Cc1c(F)c(F)cc(N2CCN(CCn3c(=O)[nH]c4ccccc43)CC2)c1F.O=C(O)C(=O)O. The molecule has 3 N–H and O–H groups in total. The first-order chi connectivity index (χ1) is 16.1. The minimum atomic E-state index is -1.82. The topological polar surface area (TPSA) is 119 Å². The number of fused-ring (bicyclic) bond motifs is 1. The molecule has 4 rings (SSSR count). The number of carboxylic acid groups (broad SMARTS) is 2. The van der Waals surface area contributed by atoms with Crippen molar-refractivity contribution in [2.75, 3.05) is 37.6 Å². The van der Waals surface area contributed by atoms with Gasteiger partial charge in [0.15, 0.2) is 17.5 Å². The van der Waals surface area contributed by atoms with Gasteiger partial charge in [-0.25, -0.2) is 27.6 Å². The van der Waals surface area contributed by atoms with Gasteiger partial charge in [0.1, 0.15) is 0 Å². The molecule has 0 aliphatic carbocycles. The van der Waals surface area contributed by atoms with E-state index in [1.54, 1.807) is 9.47 Å². The lowest BCUT2D eigenvalue weighted by atomic mass is 10.1. The highest BCUT2D eigenvalue weighted by Gasteiger charge is 2.23. The predicted octanol–water partition coefficient (Wildman–Crippen LogP) is 2.03. The molecule has 2 aromatic carbocycles. The fourth-order valence-corrected chi connectivity index (χ4v) is 3.73. The van der Waals surface area contributed by atoms with E-state index >= 15 is 0 Å². The van der Waals surface area contributed by atoms with Crippen LogP contribution in [0.4, 0.5) is 18.9 Å². The monoisotopic (exact) mass is 480 g/mol. The molecule has 9 nitrogen and oxygen atoms in total. The molecule has 34 heavy (non-hydrogen) atoms. The molecule has 0 unspecified atom stereocenters. The van der Waals surface area contributed by atoms with Gasteiger partial charge < -0.3 is 20.1 Å². The number of carboxylic acids is 2. The van der Waals surface area contributed by atoms with Crippen molar-refractivity contribution in [3.8, 4) is 0 Å². The molecular weight excluding hydrogens is 457 g/mol. The van der Waals surface area contributed by atoms with Crippen molar-refractivity contribution < 1.29 is 33.0 Å². The molecule has 12 heteroatoms. The lowest BCUT2D eigenvalue weighted by molar-refractivity contribution is -0.159. The molecule has 1 fully saturated rings. The van der Waals surface area contributed by atoms with Gasteiger partial charge in [0.25, 0.3) is 0 Å². The number of aliphatic carboxylic acids is 2. The van der Waals surface area contributed by atoms with Crippen LogP contribution in [-0.4, -0.2) is 69.3 Å². The fourth-order valence-electron chi connectivity index (χ4n) is 3.73. The Labute approximate surface area is 191 Å². The molecule has 0 spiro atoms. The quantitative estimate of drug-likeness (QED) is 0.386. The van der Waals surface area contributed by atoms with Gasteiger partial charge in [-0.05, 0) is 19.1 Å².